The fourth-order valence-corrected chi connectivity index (χ4v) is 5.20. The molecule has 1 amide bonds. The van der Waals surface area contributed by atoms with Crippen LogP contribution in [0.2, 0.25) is 0 Å². The predicted octanol–water partition coefficient (Wildman–Crippen LogP) is 4.87. The lowest BCUT2D eigenvalue weighted by Crippen LogP contribution is -2.43. The normalized spacial score (nSPS) is 15.3. The molecular formula is C20H23N3OS2. The summed E-state index contributed by atoms with van der Waals surface area (Å²) >= 11 is 3.53. The second-order valence-electron chi connectivity index (χ2n) is 7.13. The number of hydrogen-bond donors (Lipinski definition) is 1. The number of nitrogens with one attached hydrogen (secondary N) is 1. The van der Waals surface area contributed by atoms with Crippen molar-refractivity contribution in [2.45, 2.75) is 45.7 Å². The van der Waals surface area contributed by atoms with Gasteiger partial charge in [-0.1, -0.05) is 13.8 Å². The average Bonchev–Trinajstić information content (AvgIpc) is 3.26. The molecule has 3 aromatic rings. The third-order valence-corrected chi connectivity index (χ3v) is 7.11. The van der Waals surface area contributed by atoms with Crippen molar-refractivity contribution in [1.29, 1.82) is 0 Å². The molecule has 0 radical (unpaired) electrons. The van der Waals surface area contributed by atoms with Gasteiger partial charge in [-0.25, -0.2) is 4.98 Å². The standard InChI is InChI=1S/C20H23N3OS2/c1-12(2)19-22-16-5-4-15(10-18(16)26-19)21-13(3)20(24)23-8-6-17-14(11-23)7-9-25-17/h4-5,7,9-10,12-13,21H,6,8,11H2,1-3H3/t13-/m0/s1. The van der Waals surface area contributed by atoms with Crippen LogP contribution in [0.25, 0.3) is 10.2 Å². The molecule has 0 bridgehead atoms. The van der Waals surface area contributed by atoms with E-state index in [2.05, 4.69) is 41.7 Å². The molecule has 1 aliphatic rings. The largest absolute Gasteiger partial charge is 0.374 e. The van der Waals surface area contributed by atoms with Crippen molar-refractivity contribution >= 4 is 44.5 Å². The van der Waals surface area contributed by atoms with Crippen molar-refractivity contribution in [3.8, 4) is 0 Å². The fourth-order valence-electron chi connectivity index (χ4n) is 3.30. The van der Waals surface area contributed by atoms with Crippen LogP contribution in [0.3, 0.4) is 0 Å². The first-order chi connectivity index (χ1) is 12.5. The van der Waals surface area contributed by atoms with Crippen LogP contribution in [0, 0.1) is 0 Å². The molecule has 0 aliphatic carbocycles. The molecule has 4 rings (SSSR count). The van der Waals surface area contributed by atoms with E-state index in [0.717, 1.165) is 35.7 Å². The Morgan fingerprint density at radius 3 is 2.92 bits per heavy atom. The van der Waals surface area contributed by atoms with Crippen molar-refractivity contribution in [3.63, 3.8) is 0 Å². The van der Waals surface area contributed by atoms with Gasteiger partial charge in [0.2, 0.25) is 5.91 Å². The Morgan fingerprint density at radius 1 is 1.27 bits per heavy atom. The number of amides is 1. The first-order valence-electron chi connectivity index (χ1n) is 9.02. The quantitative estimate of drug-likeness (QED) is 0.697. The number of benzene rings is 1. The first-order valence-corrected chi connectivity index (χ1v) is 10.7. The molecule has 4 nitrogen and oxygen atoms in total. The Balaban J connectivity index is 1.46. The van der Waals surface area contributed by atoms with Crippen LogP contribution >= 0.6 is 22.7 Å². The Hall–Kier alpha value is -1.92. The minimum Gasteiger partial charge on any atom is -0.374 e. The number of nitrogens with zero attached hydrogens (tertiary/aromatic N) is 2. The Bertz CT molecular complexity index is 944. The summed E-state index contributed by atoms with van der Waals surface area (Å²) in [5, 5.41) is 6.65. The molecule has 2 aromatic heterocycles. The number of anilines is 1. The van der Waals surface area contributed by atoms with Crippen molar-refractivity contribution in [2.75, 3.05) is 11.9 Å². The lowest BCUT2D eigenvalue weighted by atomic mass is 10.1. The van der Waals surface area contributed by atoms with Crippen molar-refractivity contribution in [2.24, 2.45) is 0 Å². The van der Waals surface area contributed by atoms with E-state index >= 15 is 0 Å². The van der Waals surface area contributed by atoms with Gasteiger partial charge in [0.25, 0.3) is 0 Å². The van der Waals surface area contributed by atoms with Gasteiger partial charge < -0.3 is 10.2 Å². The van der Waals surface area contributed by atoms with E-state index in [1.54, 1.807) is 22.7 Å². The molecule has 1 atom stereocenters. The topological polar surface area (TPSA) is 45.2 Å². The van der Waals surface area contributed by atoms with Gasteiger partial charge in [-0.15, -0.1) is 22.7 Å². The van der Waals surface area contributed by atoms with Gasteiger partial charge in [0.05, 0.1) is 15.2 Å². The van der Waals surface area contributed by atoms with Gasteiger partial charge in [0.15, 0.2) is 0 Å². The highest BCUT2D eigenvalue weighted by Gasteiger charge is 2.25. The molecule has 1 N–H and O–H groups in total. The number of aromatic nitrogens is 1. The van der Waals surface area contributed by atoms with Crippen LogP contribution in [-0.4, -0.2) is 28.4 Å². The third-order valence-electron chi connectivity index (χ3n) is 4.77. The number of thiophene rings is 1. The molecule has 26 heavy (non-hydrogen) atoms. The molecule has 3 heterocycles. The molecule has 136 valence electrons. The minimum atomic E-state index is -0.245. The summed E-state index contributed by atoms with van der Waals surface area (Å²) in [5.74, 6) is 0.597. The van der Waals surface area contributed by atoms with E-state index < -0.39 is 0 Å². The number of carbonyl (C=O) groups excluding carboxylic acids is 1. The average molecular weight is 386 g/mol. The summed E-state index contributed by atoms with van der Waals surface area (Å²) in [6, 6.07) is 8.06. The lowest BCUT2D eigenvalue weighted by molar-refractivity contribution is -0.132. The van der Waals surface area contributed by atoms with Gasteiger partial charge >= 0.3 is 0 Å². The fraction of sp³-hybridized carbons (Fsp3) is 0.400. The smallest absolute Gasteiger partial charge is 0.245 e. The second-order valence-corrected chi connectivity index (χ2v) is 9.20. The van der Waals surface area contributed by atoms with E-state index in [1.807, 2.05) is 24.0 Å². The van der Waals surface area contributed by atoms with E-state index in [4.69, 9.17) is 0 Å². The van der Waals surface area contributed by atoms with Crippen LogP contribution in [0.5, 0.6) is 0 Å². The van der Waals surface area contributed by atoms with Crippen molar-refractivity contribution in [3.05, 3.63) is 45.1 Å². The monoisotopic (exact) mass is 385 g/mol. The Morgan fingerprint density at radius 2 is 2.12 bits per heavy atom. The van der Waals surface area contributed by atoms with E-state index in [9.17, 15) is 4.79 Å². The lowest BCUT2D eigenvalue weighted by Gasteiger charge is -2.30. The summed E-state index contributed by atoms with van der Waals surface area (Å²) in [4.78, 5) is 20.9. The van der Waals surface area contributed by atoms with Gasteiger partial charge in [-0.05, 0) is 48.6 Å². The van der Waals surface area contributed by atoms with Gasteiger partial charge in [-0.3, -0.25) is 4.79 Å². The maximum absolute atomic E-state index is 12.8. The molecule has 0 unspecified atom stereocenters. The maximum atomic E-state index is 12.8. The highest BCUT2D eigenvalue weighted by molar-refractivity contribution is 7.18. The minimum absolute atomic E-state index is 0.161. The predicted molar refractivity (Wildman–Crippen MR) is 110 cm³/mol. The van der Waals surface area contributed by atoms with E-state index in [1.165, 1.54) is 15.1 Å². The van der Waals surface area contributed by atoms with Gasteiger partial charge in [-0.2, -0.15) is 0 Å². The van der Waals surface area contributed by atoms with E-state index in [0.29, 0.717) is 5.92 Å². The van der Waals surface area contributed by atoms with Gasteiger partial charge in [0, 0.05) is 29.6 Å². The number of hydrogen-bond acceptors (Lipinski definition) is 5. The summed E-state index contributed by atoms with van der Waals surface area (Å²) in [6.07, 6.45) is 0.969. The zero-order chi connectivity index (χ0) is 18.3. The zero-order valence-corrected chi connectivity index (χ0v) is 16.9. The number of rotatable bonds is 4. The SMILES string of the molecule is CC(C)c1nc2ccc(N[C@@H](C)C(=O)N3CCc4sccc4C3)cc2s1. The molecule has 0 saturated heterocycles. The highest BCUT2D eigenvalue weighted by Crippen LogP contribution is 2.30. The van der Waals surface area contributed by atoms with Gasteiger partial charge in [0.1, 0.15) is 6.04 Å². The summed E-state index contributed by atoms with van der Waals surface area (Å²) in [5.41, 5.74) is 3.31. The Labute approximate surface area is 161 Å². The summed E-state index contributed by atoms with van der Waals surface area (Å²) < 4.78 is 1.17. The molecule has 1 aliphatic heterocycles. The maximum Gasteiger partial charge on any atom is 0.245 e. The molecule has 0 spiro atoms. The van der Waals surface area contributed by atoms with Crippen molar-refractivity contribution in [1.82, 2.24) is 9.88 Å². The van der Waals surface area contributed by atoms with Crippen LogP contribution in [0.4, 0.5) is 5.69 Å². The van der Waals surface area contributed by atoms with Crippen molar-refractivity contribution < 1.29 is 4.79 Å². The Kier molecular flexibility index (Phi) is 4.71. The van der Waals surface area contributed by atoms with E-state index in [-0.39, 0.29) is 11.9 Å². The number of carbonyl (C=O) groups is 1. The van der Waals surface area contributed by atoms with Crippen LogP contribution in [0.1, 0.15) is 42.1 Å². The molecule has 0 fully saturated rings. The first kappa shape index (κ1) is 17.5. The van der Waals surface area contributed by atoms with Crippen LogP contribution in [-0.2, 0) is 17.8 Å². The zero-order valence-electron chi connectivity index (χ0n) is 15.3. The van der Waals surface area contributed by atoms with Crippen LogP contribution < -0.4 is 5.32 Å². The second kappa shape index (κ2) is 7.00. The molecule has 0 saturated carbocycles. The molecule has 1 aromatic carbocycles. The summed E-state index contributed by atoms with van der Waals surface area (Å²) in [6.45, 7) is 7.81. The molecular weight excluding hydrogens is 362 g/mol. The molecule has 6 heteroatoms. The highest BCUT2D eigenvalue weighted by atomic mass is 32.1. The number of thiazole rings is 1. The van der Waals surface area contributed by atoms with Crippen LogP contribution in [0.15, 0.2) is 29.6 Å². The third kappa shape index (κ3) is 3.35. The summed E-state index contributed by atoms with van der Waals surface area (Å²) in [7, 11) is 0. The number of fused-ring (bicyclic) bond motifs is 2.